The van der Waals surface area contributed by atoms with Crippen LogP contribution in [0.1, 0.15) is 19.8 Å². The third-order valence-corrected chi connectivity index (χ3v) is 0.841. The van der Waals surface area contributed by atoms with Crippen molar-refractivity contribution < 1.29 is 14.6 Å². The summed E-state index contributed by atoms with van der Waals surface area (Å²) in [7, 11) is 0. The molecule has 0 atom stereocenters. The van der Waals surface area contributed by atoms with Crippen LogP contribution in [-0.2, 0) is 14.6 Å². The fraction of sp³-hybridized carbons (Fsp3) is 0.375. The van der Waals surface area contributed by atoms with E-state index < -0.39 is 0 Å². The summed E-state index contributed by atoms with van der Waals surface area (Å²) in [6, 6.07) is 0. The first-order valence-corrected chi connectivity index (χ1v) is 3.49. The first-order chi connectivity index (χ1) is 5.41. The summed E-state index contributed by atoms with van der Waals surface area (Å²) in [6.45, 7) is 1.98. The van der Waals surface area contributed by atoms with E-state index in [1.165, 1.54) is 12.5 Å². The fourth-order valence-electron chi connectivity index (χ4n) is 0.337. The van der Waals surface area contributed by atoms with E-state index in [9.17, 15) is 4.79 Å². The van der Waals surface area contributed by atoms with Gasteiger partial charge in [0.1, 0.15) is 18.8 Å². The standard InChI is InChI=1S/C4H4O2.C4H8O/c1-2-4-6-5-3-1;1-2-3-4-5/h1-4H;4H,2-3H2,1H3. The minimum Gasteiger partial charge on any atom is -0.303 e. The van der Waals surface area contributed by atoms with Gasteiger partial charge in [0, 0.05) is 6.42 Å². The number of hydrogen-bond donors (Lipinski definition) is 0. The van der Waals surface area contributed by atoms with Crippen LogP contribution in [0.25, 0.3) is 0 Å². The van der Waals surface area contributed by atoms with Crippen molar-refractivity contribution in [2.45, 2.75) is 19.8 Å². The van der Waals surface area contributed by atoms with Crippen molar-refractivity contribution >= 4 is 6.29 Å². The second kappa shape index (κ2) is 8.75. The van der Waals surface area contributed by atoms with Crippen LogP contribution < -0.4 is 0 Å². The Kier molecular flexibility index (Phi) is 7.76. The summed E-state index contributed by atoms with van der Waals surface area (Å²) < 4.78 is 0. The molecule has 0 amide bonds. The van der Waals surface area contributed by atoms with Gasteiger partial charge in [0.25, 0.3) is 0 Å². The minimum absolute atomic E-state index is 0.708. The SMILES string of the molecule is C1=COOC=C1.CCCC=O. The second-order valence-electron chi connectivity index (χ2n) is 1.80. The molecular formula is C8H12O3. The average Bonchev–Trinajstić information content (AvgIpc) is 2.10. The van der Waals surface area contributed by atoms with E-state index in [1.807, 2.05) is 6.92 Å². The maximum absolute atomic E-state index is 9.40. The Labute approximate surface area is 66.2 Å². The van der Waals surface area contributed by atoms with Crippen molar-refractivity contribution in [3.8, 4) is 0 Å². The predicted octanol–water partition coefficient (Wildman–Crippen LogP) is 1.96. The topological polar surface area (TPSA) is 35.5 Å². The van der Waals surface area contributed by atoms with Crippen LogP contribution in [-0.4, -0.2) is 6.29 Å². The van der Waals surface area contributed by atoms with Gasteiger partial charge in [0.05, 0.1) is 0 Å². The van der Waals surface area contributed by atoms with Crippen LogP contribution in [0.2, 0.25) is 0 Å². The Bertz CT molecular complexity index is 126. The van der Waals surface area contributed by atoms with Gasteiger partial charge in [-0.05, 0) is 18.6 Å². The summed E-state index contributed by atoms with van der Waals surface area (Å²) in [5, 5.41) is 0. The number of carbonyl (C=O) groups is 1. The van der Waals surface area contributed by atoms with E-state index in [0.29, 0.717) is 6.42 Å². The molecule has 0 aliphatic carbocycles. The van der Waals surface area contributed by atoms with Crippen LogP contribution in [0.15, 0.2) is 24.7 Å². The molecule has 0 unspecified atom stereocenters. The van der Waals surface area contributed by atoms with Crippen molar-refractivity contribution in [1.29, 1.82) is 0 Å². The lowest BCUT2D eigenvalue weighted by Gasteiger charge is -1.94. The summed E-state index contributed by atoms with van der Waals surface area (Å²) in [5.41, 5.74) is 0. The molecule has 0 fully saturated rings. The molecule has 11 heavy (non-hydrogen) atoms. The van der Waals surface area contributed by atoms with Gasteiger partial charge in [-0.1, -0.05) is 6.92 Å². The normalized spacial score (nSPS) is 12.1. The maximum atomic E-state index is 9.40. The monoisotopic (exact) mass is 156 g/mol. The molecule has 0 saturated carbocycles. The van der Waals surface area contributed by atoms with E-state index in [1.54, 1.807) is 12.2 Å². The highest BCUT2D eigenvalue weighted by molar-refractivity contribution is 5.48. The van der Waals surface area contributed by atoms with Crippen molar-refractivity contribution in [2.75, 3.05) is 0 Å². The molecule has 0 aromatic rings. The zero-order chi connectivity index (χ0) is 8.36. The molecule has 3 nitrogen and oxygen atoms in total. The molecule has 0 radical (unpaired) electrons. The quantitative estimate of drug-likeness (QED) is 0.453. The zero-order valence-corrected chi connectivity index (χ0v) is 6.53. The van der Waals surface area contributed by atoms with Crippen molar-refractivity contribution in [3.63, 3.8) is 0 Å². The van der Waals surface area contributed by atoms with Gasteiger partial charge in [-0.25, -0.2) is 0 Å². The van der Waals surface area contributed by atoms with Gasteiger partial charge in [-0.15, -0.1) is 0 Å². The summed E-state index contributed by atoms with van der Waals surface area (Å²) in [4.78, 5) is 18.0. The first-order valence-electron chi connectivity index (χ1n) is 3.49. The van der Waals surface area contributed by atoms with Gasteiger partial charge in [0.2, 0.25) is 0 Å². The van der Waals surface area contributed by atoms with Gasteiger partial charge in [-0.3, -0.25) is 9.78 Å². The molecule has 0 bridgehead atoms. The molecule has 0 spiro atoms. The van der Waals surface area contributed by atoms with Crippen molar-refractivity contribution in [1.82, 2.24) is 0 Å². The number of allylic oxidation sites excluding steroid dienone is 2. The molecule has 0 N–H and O–H groups in total. The molecule has 1 rings (SSSR count). The first kappa shape index (κ1) is 9.75. The fourth-order valence-corrected chi connectivity index (χ4v) is 0.337. The highest BCUT2D eigenvalue weighted by Crippen LogP contribution is 1.89. The van der Waals surface area contributed by atoms with Crippen molar-refractivity contribution in [3.05, 3.63) is 24.7 Å². The molecule has 0 aromatic heterocycles. The molecule has 1 aliphatic rings. The van der Waals surface area contributed by atoms with Crippen LogP contribution in [0.4, 0.5) is 0 Å². The van der Waals surface area contributed by atoms with E-state index >= 15 is 0 Å². The molecule has 3 heteroatoms. The lowest BCUT2D eigenvalue weighted by Crippen LogP contribution is -1.78. The second-order valence-corrected chi connectivity index (χ2v) is 1.80. The number of unbranched alkanes of at least 4 members (excludes halogenated alkanes) is 1. The van der Waals surface area contributed by atoms with Crippen LogP contribution in [0, 0.1) is 0 Å². The summed E-state index contributed by atoms with van der Waals surface area (Å²) in [6.07, 6.45) is 9.01. The van der Waals surface area contributed by atoms with Crippen LogP contribution in [0.5, 0.6) is 0 Å². The van der Waals surface area contributed by atoms with Crippen LogP contribution in [0.3, 0.4) is 0 Å². The minimum atomic E-state index is 0.708. The Balaban J connectivity index is 0.000000187. The Morgan fingerprint density at radius 3 is 1.91 bits per heavy atom. The predicted molar refractivity (Wildman–Crippen MR) is 41.4 cm³/mol. The van der Waals surface area contributed by atoms with E-state index in [0.717, 1.165) is 12.7 Å². The third kappa shape index (κ3) is 8.75. The number of aldehydes is 1. The van der Waals surface area contributed by atoms with Gasteiger partial charge in [-0.2, -0.15) is 0 Å². The van der Waals surface area contributed by atoms with Gasteiger partial charge >= 0.3 is 0 Å². The Morgan fingerprint density at radius 1 is 1.27 bits per heavy atom. The Hall–Kier alpha value is -1.25. The van der Waals surface area contributed by atoms with E-state index in [2.05, 4.69) is 9.78 Å². The molecule has 1 heterocycles. The average molecular weight is 156 g/mol. The highest BCUT2D eigenvalue weighted by Gasteiger charge is 1.75. The molecular weight excluding hydrogens is 144 g/mol. The van der Waals surface area contributed by atoms with E-state index in [4.69, 9.17) is 0 Å². The van der Waals surface area contributed by atoms with E-state index in [-0.39, 0.29) is 0 Å². The molecule has 0 aromatic carbocycles. The largest absolute Gasteiger partial charge is 0.303 e. The summed E-state index contributed by atoms with van der Waals surface area (Å²) >= 11 is 0. The van der Waals surface area contributed by atoms with Crippen molar-refractivity contribution in [2.24, 2.45) is 0 Å². The smallest absolute Gasteiger partial charge is 0.142 e. The number of carbonyl (C=O) groups excluding carboxylic acids is 1. The van der Waals surface area contributed by atoms with Crippen LogP contribution >= 0.6 is 0 Å². The van der Waals surface area contributed by atoms with Gasteiger partial charge in [0.15, 0.2) is 0 Å². The lowest BCUT2D eigenvalue weighted by molar-refractivity contribution is -0.198. The molecule has 1 aliphatic heterocycles. The molecule has 62 valence electrons. The zero-order valence-electron chi connectivity index (χ0n) is 6.53. The number of rotatable bonds is 2. The van der Waals surface area contributed by atoms with Gasteiger partial charge < -0.3 is 4.79 Å². The maximum Gasteiger partial charge on any atom is 0.142 e. The Morgan fingerprint density at radius 2 is 1.82 bits per heavy atom. The highest BCUT2D eigenvalue weighted by atomic mass is 17.2. The lowest BCUT2D eigenvalue weighted by atomic mass is 10.4. The number of hydrogen-bond acceptors (Lipinski definition) is 3. The third-order valence-electron chi connectivity index (χ3n) is 0.841. The summed E-state index contributed by atoms with van der Waals surface area (Å²) in [5.74, 6) is 0. The molecule has 0 saturated heterocycles.